The van der Waals surface area contributed by atoms with Gasteiger partial charge in [0, 0.05) is 0 Å². The van der Waals surface area contributed by atoms with Crippen LogP contribution in [0.3, 0.4) is 0 Å². The van der Waals surface area contributed by atoms with Crippen LogP contribution >= 0.6 is 0 Å². The Kier molecular flexibility index (Phi) is 11.0. The van der Waals surface area contributed by atoms with Crippen molar-refractivity contribution >= 4 is 0 Å². The first-order chi connectivity index (χ1) is 26.8. The molecular weight excluding hydrogens is 659 g/mol. The molecule has 4 nitrogen and oxygen atoms in total. The lowest BCUT2D eigenvalue weighted by molar-refractivity contribution is -0.0883. The summed E-state index contributed by atoms with van der Waals surface area (Å²) < 4.78 is 7.47. The lowest BCUT2D eigenvalue weighted by atomic mass is 9.56. The Morgan fingerprint density at radius 1 is 0.278 bits per heavy atom. The second-order valence-electron chi connectivity index (χ2n) is 22.8. The fourth-order valence-corrected chi connectivity index (χ4v) is 18.4. The van der Waals surface area contributed by atoms with E-state index >= 15 is 0 Å². The van der Waals surface area contributed by atoms with Crippen LogP contribution in [0.1, 0.15) is 193 Å². The van der Waals surface area contributed by atoms with E-state index in [1.54, 1.807) is 64.2 Å². The maximum absolute atomic E-state index is 7.47. The molecule has 4 heteroatoms. The van der Waals surface area contributed by atoms with Gasteiger partial charge in [0.25, 0.3) is 0 Å². The van der Waals surface area contributed by atoms with Crippen LogP contribution in [0.2, 0.25) is 0 Å². The summed E-state index contributed by atoms with van der Waals surface area (Å²) in [4.78, 5) is 0. The van der Waals surface area contributed by atoms with Gasteiger partial charge < -0.3 is 4.74 Å². The maximum Gasteiger partial charge on any atom is 0.0641 e. The highest BCUT2D eigenvalue weighted by molar-refractivity contribution is 5.10. The molecule has 16 unspecified atom stereocenters. The normalized spacial score (nSPS) is 52.1. The molecule has 11 rings (SSSR count). The van der Waals surface area contributed by atoms with Gasteiger partial charge in [0.15, 0.2) is 0 Å². The van der Waals surface area contributed by atoms with Gasteiger partial charge in [0.05, 0.1) is 30.7 Å². The van der Waals surface area contributed by atoms with Crippen molar-refractivity contribution in [1.82, 2.24) is 16.0 Å². The molecule has 0 aromatic heterocycles. The Balaban J connectivity index is 0.849. The van der Waals surface area contributed by atoms with Crippen LogP contribution in [0.15, 0.2) is 0 Å². The first-order valence-corrected chi connectivity index (χ1v) is 25.7. The second kappa shape index (κ2) is 16.1. The molecule has 54 heavy (non-hydrogen) atoms. The first kappa shape index (κ1) is 36.9. The molecule has 3 N–H and O–H groups in total. The monoisotopic (exact) mass is 742 g/mol. The first-order valence-electron chi connectivity index (χ1n) is 25.7. The lowest BCUT2D eigenvalue weighted by Gasteiger charge is -2.54. The summed E-state index contributed by atoms with van der Waals surface area (Å²) in [5, 5.41) is 13.1. The molecule has 0 aromatic carbocycles. The number of fused-ring (bicyclic) bond motifs is 8. The van der Waals surface area contributed by atoms with Gasteiger partial charge in [0.2, 0.25) is 0 Å². The van der Waals surface area contributed by atoms with Crippen LogP contribution in [0.25, 0.3) is 0 Å². The Bertz CT molecular complexity index is 1210. The Hall–Kier alpha value is -0.160. The molecule has 304 valence electrons. The van der Waals surface area contributed by atoms with Gasteiger partial charge in [-0.1, -0.05) is 96.3 Å². The van der Waals surface area contributed by atoms with E-state index < -0.39 is 0 Å². The zero-order valence-electron chi connectivity index (χ0n) is 34.7. The minimum Gasteiger partial charge on any atom is -0.374 e. The average molecular weight is 742 g/mol. The van der Waals surface area contributed by atoms with Crippen molar-refractivity contribution in [1.29, 1.82) is 0 Å². The minimum atomic E-state index is 0.493. The van der Waals surface area contributed by atoms with Gasteiger partial charge in [-0.2, -0.15) is 0 Å². The van der Waals surface area contributed by atoms with E-state index in [0.717, 1.165) is 88.8 Å². The van der Waals surface area contributed by atoms with E-state index in [1.807, 2.05) is 0 Å². The van der Waals surface area contributed by atoms with Crippen LogP contribution in [0, 0.1) is 88.8 Å². The second-order valence-corrected chi connectivity index (χ2v) is 22.8. The van der Waals surface area contributed by atoms with Gasteiger partial charge in [-0.25, -0.2) is 0 Å². The van der Waals surface area contributed by atoms with Crippen LogP contribution in [0.4, 0.5) is 0 Å². The maximum atomic E-state index is 7.47. The smallest absolute Gasteiger partial charge is 0.0641 e. The average Bonchev–Trinajstić information content (AvgIpc) is 3.79. The van der Waals surface area contributed by atoms with Crippen LogP contribution < -0.4 is 16.0 Å². The molecule has 0 spiro atoms. The summed E-state index contributed by atoms with van der Waals surface area (Å²) in [6, 6.07) is 0. The van der Waals surface area contributed by atoms with Gasteiger partial charge in [0.1, 0.15) is 0 Å². The predicted octanol–water partition coefficient (Wildman–Crippen LogP) is 11.6. The number of nitrogens with one attached hydrogen (secondary N) is 3. The van der Waals surface area contributed by atoms with Gasteiger partial charge >= 0.3 is 0 Å². The highest BCUT2D eigenvalue weighted by atomic mass is 16.5. The summed E-state index contributed by atoms with van der Waals surface area (Å²) in [5.41, 5.74) is 0. The molecule has 0 radical (unpaired) electrons. The largest absolute Gasteiger partial charge is 0.374 e. The third-order valence-electron chi connectivity index (χ3n) is 20.6. The third kappa shape index (κ3) is 6.85. The van der Waals surface area contributed by atoms with Crippen molar-refractivity contribution in [2.24, 2.45) is 88.8 Å². The highest BCUT2D eigenvalue weighted by Gasteiger charge is 2.60. The van der Waals surface area contributed by atoms with Crippen LogP contribution in [-0.4, -0.2) is 30.7 Å². The Morgan fingerprint density at radius 2 is 0.778 bits per heavy atom. The molecular formula is C50H83N3O. The van der Waals surface area contributed by atoms with E-state index in [0.29, 0.717) is 30.7 Å². The van der Waals surface area contributed by atoms with Crippen LogP contribution in [0.5, 0.6) is 0 Å². The summed E-state index contributed by atoms with van der Waals surface area (Å²) in [7, 11) is 0. The summed E-state index contributed by atoms with van der Waals surface area (Å²) >= 11 is 0. The van der Waals surface area contributed by atoms with Crippen LogP contribution in [-0.2, 0) is 4.74 Å². The zero-order valence-corrected chi connectivity index (χ0v) is 34.7. The molecule has 0 aromatic rings. The molecule has 11 aliphatic rings. The van der Waals surface area contributed by atoms with Crippen molar-refractivity contribution in [3.63, 3.8) is 0 Å². The third-order valence-corrected chi connectivity index (χ3v) is 20.6. The molecule has 2 saturated heterocycles. The number of ether oxygens (including phenoxy) is 1. The molecule has 16 atom stereocenters. The van der Waals surface area contributed by atoms with Crippen molar-refractivity contribution in [3.05, 3.63) is 0 Å². The highest BCUT2D eigenvalue weighted by Crippen LogP contribution is 2.65. The molecule has 11 fully saturated rings. The topological polar surface area (TPSA) is 45.3 Å². The minimum absolute atomic E-state index is 0.493. The number of hydrogen-bond acceptors (Lipinski definition) is 4. The lowest BCUT2D eigenvalue weighted by Crippen LogP contribution is -2.73. The molecule has 0 amide bonds. The molecule has 2 heterocycles. The summed E-state index contributed by atoms with van der Waals surface area (Å²) in [5.74, 6) is 14.4. The van der Waals surface area contributed by atoms with Crippen molar-refractivity contribution in [3.8, 4) is 0 Å². The van der Waals surface area contributed by atoms with Crippen molar-refractivity contribution in [2.75, 3.05) is 0 Å². The van der Waals surface area contributed by atoms with Crippen molar-refractivity contribution in [2.45, 2.75) is 223 Å². The number of hydrogen-bond donors (Lipinski definition) is 3. The Labute approximate surface area is 331 Å². The van der Waals surface area contributed by atoms with Gasteiger partial charge in [-0.3, -0.25) is 16.0 Å². The zero-order chi connectivity index (χ0) is 35.6. The summed E-state index contributed by atoms with van der Waals surface area (Å²) in [6.07, 6.45) is 47.7. The summed E-state index contributed by atoms with van der Waals surface area (Å²) in [6.45, 7) is 0. The molecule has 9 saturated carbocycles. The SMILES string of the molecule is C1CCC(C2CCC3C4CCCCC4C(C4CCC5OC6C(CC(C7NC(C8CCCCC8)NC(C8CCCCC8)N7)C7CCCCC76)C5C4)C3C2)CC1. The molecule has 0 bridgehead atoms. The predicted molar refractivity (Wildman–Crippen MR) is 220 cm³/mol. The molecule has 2 aliphatic heterocycles. The number of rotatable bonds is 5. The van der Waals surface area contributed by atoms with Crippen molar-refractivity contribution < 1.29 is 4.74 Å². The van der Waals surface area contributed by atoms with E-state index in [4.69, 9.17) is 4.74 Å². The fourth-order valence-electron chi connectivity index (χ4n) is 18.4. The van der Waals surface area contributed by atoms with E-state index in [2.05, 4.69) is 16.0 Å². The standard InChI is InChI=1S/C50H83N3O/c1-4-14-31(15-5-1)34-24-26-38-36-20-10-12-22-39(36)46(42(38)28-34)35-25-27-45-41(29-35)43-30-44(37-21-11-13-23-40(37)47(43)54-45)50-52-48(32-16-6-2-7-17-32)51-49(53-50)33-18-8-3-9-19-33/h31-53H,1-30H2. The quantitative estimate of drug-likeness (QED) is 0.263. The van der Waals surface area contributed by atoms with E-state index in [9.17, 15) is 0 Å². The van der Waals surface area contributed by atoms with Gasteiger partial charge in [-0.05, 0) is 185 Å². The fraction of sp³-hybridized carbons (Fsp3) is 1.00. The van der Waals surface area contributed by atoms with E-state index in [1.165, 1.54) is 128 Å². The van der Waals surface area contributed by atoms with E-state index in [-0.39, 0.29) is 0 Å². The van der Waals surface area contributed by atoms with Gasteiger partial charge in [-0.15, -0.1) is 0 Å². The molecule has 9 aliphatic carbocycles. The Morgan fingerprint density at radius 3 is 1.44 bits per heavy atom.